The first-order valence-corrected chi connectivity index (χ1v) is 24.3. The van der Waals surface area contributed by atoms with E-state index in [2.05, 4.69) is 27.7 Å². The van der Waals surface area contributed by atoms with Crippen LogP contribution in [-0.2, 0) is 66.6 Å². The number of aliphatic hydroxyl groups is 4. The van der Waals surface area contributed by atoms with E-state index in [-0.39, 0.29) is 35.1 Å². The lowest BCUT2D eigenvalue weighted by Gasteiger charge is -2.65. The molecular formula is C49H74O18. The van der Waals surface area contributed by atoms with Crippen molar-refractivity contribution in [2.24, 2.45) is 44.8 Å². The normalized spacial score (nSPS) is 48.8. The zero-order valence-corrected chi connectivity index (χ0v) is 40.9. The van der Waals surface area contributed by atoms with E-state index in [0.29, 0.717) is 38.5 Å². The fourth-order valence-electron chi connectivity index (χ4n) is 15.7. The number of esters is 4. The van der Waals surface area contributed by atoms with E-state index < -0.39 is 137 Å². The number of ketones is 1. The first kappa shape index (κ1) is 50.6. The number of carbonyl (C=O) groups excluding carboxylic acids is 5. The molecule has 8 rings (SSSR count). The van der Waals surface area contributed by atoms with Gasteiger partial charge >= 0.3 is 23.9 Å². The molecule has 8 aliphatic rings. The molecule has 0 aromatic rings. The van der Waals surface area contributed by atoms with Crippen molar-refractivity contribution in [3.8, 4) is 0 Å². The average Bonchev–Trinajstić information content (AvgIpc) is 3.57. The zero-order valence-electron chi connectivity index (χ0n) is 40.9. The van der Waals surface area contributed by atoms with Gasteiger partial charge in [-0.15, -0.1) is 0 Å². The fraction of sp³-hybridized carbons (Fsp3) is 0.898. The molecule has 3 aliphatic heterocycles. The van der Waals surface area contributed by atoms with Crippen LogP contribution >= 0.6 is 0 Å². The van der Waals surface area contributed by atoms with Gasteiger partial charge in [0, 0.05) is 34.1 Å². The summed E-state index contributed by atoms with van der Waals surface area (Å²) in [5, 5.41) is 44.6. The molecule has 8 fully saturated rings. The highest BCUT2D eigenvalue weighted by atomic mass is 16.7. The number of carbonyl (C=O) groups is 5. The molecule has 0 radical (unpaired) electrons. The summed E-state index contributed by atoms with van der Waals surface area (Å²) in [7, 11) is 0. The Bertz CT molecular complexity index is 1970. The summed E-state index contributed by atoms with van der Waals surface area (Å²) in [6.07, 6.45) is -8.43. The summed E-state index contributed by atoms with van der Waals surface area (Å²) in [4.78, 5) is 64.2. The smallest absolute Gasteiger partial charge is 0.303 e. The molecule has 0 bridgehead atoms. The van der Waals surface area contributed by atoms with Crippen molar-refractivity contribution in [2.45, 2.75) is 219 Å². The highest BCUT2D eigenvalue weighted by Gasteiger charge is 2.85. The standard InChI is InChI=1S/C49H74O18/c1-23(50)59-21-30-36(61-24(2)51)37(62-25(3)52)35(57)41(65-30)64-29-18-31-46(10)19-27(54)39(47(11)14-12-33(67-47)44(7,8)58)45(46,9)16-17-48(31)22-49(48)15-13-32(43(5,6)40(29)49)66-42-38(63-26(4)53)34(56)28(55)20-60-42/h28-42,55-58H,12-22H2,1-11H3/t28-,29?,30-,31+,32?,33+,34?,35?,36-,37-,38-,39+,40+,41-,42+,45-,46+,47-,48?,49-/m1/s1. The van der Waals surface area contributed by atoms with Gasteiger partial charge in [0.15, 0.2) is 30.9 Å². The molecule has 378 valence electrons. The summed E-state index contributed by atoms with van der Waals surface area (Å²) in [6, 6.07) is 0. The van der Waals surface area contributed by atoms with Crippen molar-refractivity contribution in [3.63, 3.8) is 0 Å². The maximum absolute atomic E-state index is 14.8. The van der Waals surface area contributed by atoms with Crippen molar-refractivity contribution in [1.29, 1.82) is 0 Å². The van der Waals surface area contributed by atoms with Gasteiger partial charge < -0.3 is 63.1 Å². The quantitative estimate of drug-likeness (QED) is 0.132. The first-order chi connectivity index (χ1) is 31.0. The van der Waals surface area contributed by atoms with E-state index in [0.717, 1.165) is 33.1 Å². The lowest BCUT2D eigenvalue weighted by Crippen LogP contribution is -2.66. The van der Waals surface area contributed by atoms with Crippen LogP contribution in [0.4, 0.5) is 0 Å². The Kier molecular flexibility index (Phi) is 13.0. The molecule has 20 atom stereocenters. The SMILES string of the molecule is CC(=O)OC[C@H]1O[C@@H](OC2C[C@@H]3C4(CC[C@]5(C)[C@@H]([C@@]6(C)CC[C@@H](C(C)(C)O)O6)C(=O)C[C@@]35C)C[C@@]43CCC(O[C@@H]4OC[C@@H](O)C(O)[C@H]4OC(C)=O)C(C)(C)[C@H]23)C(O)[C@@H](OC(C)=O)[C@@H]1OC(C)=O. The minimum absolute atomic E-state index is 0.0559. The third kappa shape index (κ3) is 8.17. The van der Waals surface area contributed by atoms with Crippen LogP contribution in [0, 0.1) is 44.8 Å². The molecule has 4 N–H and O–H groups in total. The second-order valence-corrected chi connectivity index (χ2v) is 23.3. The third-order valence-electron chi connectivity index (χ3n) is 18.5. The van der Waals surface area contributed by atoms with Crippen LogP contribution in [0.2, 0.25) is 0 Å². The van der Waals surface area contributed by atoms with Gasteiger partial charge in [0.1, 0.15) is 36.8 Å². The van der Waals surface area contributed by atoms with Gasteiger partial charge in [0.25, 0.3) is 0 Å². The highest BCUT2D eigenvalue weighted by Crippen LogP contribution is 2.89. The third-order valence-corrected chi connectivity index (χ3v) is 18.5. The maximum atomic E-state index is 14.8. The Morgan fingerprint density at radius 1 is 0.746 bits per heavy atom. The molecule has 5 aliphatic carbocycles. The van der Waals surface area contributed by atoms with E-state index in [1.807, 2.05) is 6.92 Å². The molecule has 3 heterocycles. The van der Waals surface area contributed by atoms with E-state index >= 15 is 0 Å². The van der Waals surface area contributed by atoms with Crippen LogP contribution < -0.4 is 0 Å². The second kappa shape index (κ2) is 17.2. The zero-order chi connectivity index (χ0) is 49.2. The molecule has 0 aromatic heterocycles. The Hall–Kier alpha value is -2.81. The summed E-state index contributed by atoms with van der Waals surface area (Å²) in [6.45, 7) is 18.3. The predicted octanol–water partition coefficient (Wildman–Crippen LogP) is 3.22. The van der Waals surface area contributed by atoms with Crippen molar-refractivity contribution in [1.82, 2.24) is 0 Å². The Morgan fingerprint density at radius 2 is 1.39 bits per heavy atom. The molecule has 18 nitrogen and oxygen atoms in total. The molecule has 5 saturated carbocycles. The van der Waals surface area contributed by atoms with Crippen molar-refractivity contribution >= 4 is 29.7 Å². The van der Waals surface area contributed by atoms with Crippen LogP contribution in [0.1, 0.15) is 134 Å². The highest BCUT2D eigenvalue weighted by molar-refractivity contribution is 5.87. The Labute approximate surface area is 392 Å². The number of aliphatic hydroxyl groups excluding tert-OH is 3. The minimum atomic E-state index is -1.68. The molecule has 0 aromatic carbocycles. The van der Waals surface area contributed by atoms with Gasteiger partial charge in [-0.2, -0.15) is 0 Å². The molecule has 0 amide bonds. The summed E-state index contributed by atoms with van der Waals surface area (Å²) in [5.41, 5.74) is -4.21. The van der Waals surface area contributed by atoms with Crippen molar-refractivity contribution in [2.75, 3.05) is 13.2 Å². The second-order valence-electron chi connectivity index (χ2n) is 23.3. The molecule has 2 spiro atoms. The van der Waals surface area contributed by atoms with Crippen LogP contribution in [0.25, 0.3) is 0 Å². The van der Waals surface area contributed by atoms with Gasteiger partial charge in [-0.05, 0) is 111 Å². The summed E-state index contributed by atoms with van der Waals surface area (Å²) in [5.74, 6) is -3.46. The summed E-state index contributed by atoms with van der Waals surface area (Å²) >= 11 is 0. The van der Waals surface area contributed by atoms with Gasteiger partial charge in [0.05, 0.1) is 42.0 Å². The number of hydrogen-bond acceptors (Lipinski definition) is 18. The molecule has 5 unspecified atom stereocenters. The van der Waals surface area contributed by atoms with E-state index in [1.54, 1.807) is 13.8 Å². The predicted molar refractivity (Wildman–Crippen MR) is 231 cm³/mol. The van der Waals surface area contributed by atoms with Crippen LogP contribution in [0.15, 0.2) is 0 Å². The van der Waals surface area contributed by atoms with Gasteiger partial charge in [-0.3, -0.25) is 24.0 Å². The first-order valence-electron chi connectivity index (χ1n) is 24.3. The average molecular weight is 951 g/mol. The number of rotatable bonds is 11. The number of Topliss-reactive ketones (excluding diaryl/α,β-unsaturated/α-hetero) is 1. The van der Waals surface area contributed by atoms with Gasteiger partial charge in [0.2, 0.25) is 0 Å². The maximum Gasteiger partial charge on any atom is 0.303 e. The lowest BCUT2D eigenvalue weighted by atomic mass is 9.41. The van der Waals surface area contributed by atoms with Crippen molar-refractivity contribution in [3.05, 3.63) is 0 Å². The molecule has 18 heteroatoms. The van der Waals surface area contributed by atoms with Crippen LogP contribution in [-0.4, -0.2) is 148 Å². The summed E-state index contributed by atoms with van der Waals surface area (Å²) < 4.78 is 55.1. The van der Waals surface area contributed by atoms with E-state index in [1.165, 1.54) is 13.8 Å². The molecular weight excluding hydrogens is 877 g/mol. The lowest BCUT2D eigenvalue weighted by molar-refractivity contribution is -0.340. The number of ether oxygens (including phenoxy) is 9. The monoisotopic (exact) mass is 950 g/mol. The Morgan fingerprint density at radius 3 is 2.00 bits per heavy atom. The number of hydrogen-bond donors (Lipinski definition) is 4. The molecule has 67 heavy (non-hydrogen) atoms. The number of fused-ring (bicyclic) bond motifs is 2. The van der Waals surface area contributed by atoms with Crippen molar-refractivity contribution < 1.29 is 87.0 Å². The topological polar surface area (TPSA) is 249 Å². The molecule has 3 saturated heterocycles. The fourth-order valence-corrected chi connectivity index (χ4v) is 15.7. The van der Waals surface area contributed by atoms with Crippen LogP contribution in [0.5, 0.6) is 0 Å². The van der Waals surface area contributed by atoms with Gasteiger partial charge in [-0.1, -0.05) is 27.7 Å². The minimum Gasteiger partial charge on any atom is -0.463 e. The van der Waals surface area contributed by atoms with Crippen LogP contribution in [0.3, 0.4) is 0 Å². The van der Waals surface area contributed by atoms with E-state index in [4.69, 9.17) is 42.6 Å². The Balaban J connectivity index is 1.18. The van der Waals surface area contributed by atoms with E-state index in [9.17, 15) is 44.4 Å². The largest absolute Gasteiger partial charge is 0.463 e. The van der Waals surface area contributed by atoms with Gasteiger partial charge in [-0.25, -0.2) is 0 Å².